The van der Waals surface area contributed by atoms with Gasteiger partial charge in [-0.3, -0.25) is 4.79 Å². The summed E-state index contributed by atoms with van der Waals surface area (Å²) in [6, 6.07) is 0. The van der Waals surface area contributed by atoms with Gasteiger partial charge in [0.15, 0.2) is 5.69 Å². The van der Waals surface area contributed by atoms with Crippen LogP contribution in [0.2, 0.25) is 0 Å². The van der Waals surface area contributed by atoms with Gasteiger partial charge in [0, 0.05) is 14.1 Å². The van der Waals surface area contributed by atoms with Crippen molar-refractivity contribution in [3.8, 4) is 0 Å². The zero-order valence-electron chi connectivity index (χ0n) is 7.75. The van der Waals surface area contributed by atoms with Crippen LogP contribution in [0.1, 0.15) is 16.2 Å². The first-order valence-electron chi connectivity index (χ1n) is 3.94. The van der Waals surface area contributed by atoms with Crippen LogP contribution in [0.3, 0.4) is 0 Å². The Labute approximate surface area is 79.3 Å². The largest absolute Gasteiger partial charge is 0.285 e. The van der Waals surface area contributed by atoms with Gasteiger partial charge in [-0.15, -0.1) is 5.10 Å². The van der Waals surface area contributed by atoms with Crippen LogP contribution < -0.4 is 0 Å². The Morgan fingerprint density at radius 2 is 2.14 bits per heavy atom. The summed E-state index contributed by atoms with van der Waals surface area (Å²) < 4.78 is 1.40. The molecule has 0 spiro atoms. The highest BCUT2D eigenvalue weighted by Gasteiger charge is 2.16. The van der Waals surface area contributed by atoms with E-state index >= 15 is 0 Å². The van der Waals surface area contributed by atoms with E-state index in [9.17, 15) is 4.79 Å². The number of aryl methyl sites for hydroxylation is 2. The van der Waals surface area contributed by atoms with Gasteiger partial charge in [0.25, 0.3) is 0 Å². The van der Waals surface area contributed by atoms with E-state index in [0.29, 0.717) is 5.69 Å². The zero-order valence-corrected chi connectivity index (χ0v) is 7.75. The lowest BCUT2D eigenvalue weighted by Gasteiger charge is -1.94. The van der Waals surface area contributed by atoms with Crippen molar-refractivity contribution in [1.29, 1.82) is 0 Å². The molecule has 72 valence electrons. The monoisotopic (exact) mass is 192 g/mol. The fourth-order valence-corrected chi connectivity index (χ4v) is 1.08. The number of aromatic nitrogens is 6. The Bertz CT molecular complexity index is 470. The molecule has 0 aromatic carbocycles. The van der Waals surface area contributed by atoms with Crippen LogP contribution >= 0.6 is 0 Å². The summed E-state index contributed by atoms with van der Waals surface area (Å²) in [6.45, 7) is 0. The van der Waals surface area contributed by atoms with E-state index in [4.69, 9.17) is 0 Å². The fraction of sp³-hybridized carbons (Fsp3) is 0.286. The lowest BCUT2D eigenvalue weighted by Crippen LogP contribution is -2.09. The van der Waals surface area contributed by atoms with Crippen molar-refractivity contribution < 1.29 is 4.79 Å². The highest BCUT2D eigenvalue weighted by Crippen LogP contribution is 2.02. The molecule has 7 heteroatoms. The van der Waals surface area contributed by atoms with E-state index < -0.39 is 0 Å². The number of rotatable bonds is 2. The average Bonchev–Trinajstić information content (AvgIpc) is 2.73. The molecule has 2 aromatic heterocycles. The van der Waals surface area contributed by atoms with E-state index in [1.54, 1.807) is 14.1 Å². The summed E-state index contributed by atoms with van der Waals surface area (Å²) in [6.07, 6.45) is 2.81. The predicted octanol–water partition coefficient (Wildman–Crippen LogP) is -0.825. The summed E-state index contributed by atoms with van der Waals surface area (Å²) in [7, 11) is 3.30. The summed E-state index contributed by atoms with van der Waals surface area (Å²) in [5.74, 6) is -0.231. The first-order chi connectivity index (χ1) is 6.68. The first-order valence-corrected chi connectivity index (χ1v) is 3.94. The van der Waals surface area contributed by atoms with E-state index in [1.165, 1.54) is 21.9 Å². The lowest BCUT2D eigenvalue weighted by molar-refractivity contribution is 0.102. The van der Waals surface area contributed by atoms with Crippen LogP contribution in [0.5, 0.6) is 0 Å². The SMILES string of the molecule is Cn1ncc(C(=O)c2cnnn2C)n1. The maximum absolute atomic E-state index is 11.7. The predicted molar refractivity (Wildman–Crippen MR) is 45.4 cm³/mol. The highest BCUT2D eigenvalue weighted by atomic mass is 16.1. The molecule has 2 aromatic rings. The van der Waals surface area contributed by atoms with Gasteiger partial charge in [-0.25, -0.2) is 4.68 Å². The van der Waals surface area contributed by atoms with Crippen molar-refractivity contribution in [2.45, 2.75) is 0 Å². The standard InChI is InChI=1S/C7H8N6O/c1-12-6(4-8-11-12)7(14)5-3-9-13(2)10-5/h3-4H,1-2H3. The summed E-state index contributed by atoms with van der Waals surface area (Å²) in [4.78, 5) is 13.1. The molecule has 0 amide bonds. The van der Waals surface area contributed by atoms with Gasteiger partial charge < -0.3 is 0 Å². The fourth-order valence-electron chi connectivity index (χ4n) is 1.08. The van der Waals surface area contributed by atoms with E-state index in [-0.39, 0.29) is 11.5 Å². The third kappa shape index (κ3) is 1.28. The second-order valence-electron chi connectivity index (χ2n) is 2.79. The van der Waals surface area contributed by atoms with Crippen LogP contribution in [-0.4, -0.2) is 35.8 Å². The van der Waals surface area contributed by atoms with Crippen LogP contribution in [0, 0.1) is 0 Å². The molecule has 0 radical (unpaired) electrons. The minimum atomic E-state index is -0.231. The normalized spacial score (nSPS) is 10.4. The number of ketones is 1. The Hall–Kier alpha value is -2.05. The molecular weight excluding hydrogens is 184 g/mol. The molecule has 2 heterocycles. The van der Waals surface area contributed by atoms with Crippen LogP contribution in [0.4, 0.5) is 0 Å². The van der Waals surface area contributed by atoms with Gasteiger partial charge in [0.05, 0.1) is 12.4 Å². The molecule has 0 saturated carbocycles. The summed E-state index contributed by atoms with van der Waals surface area (Å²) in [5.41, 5.74) is 0.684. The van der Waals surface area contributed by atoms with E-state index in [2.05, 4.69) is 20.5 Å². The third-order valence-corrected chi connectivity index (χ3v) is 1.78. The van der Waals surface area contributed by atoms with Crippen molar-refractivity contribution in [3.05, 3.63) is 23.8 Å². The van der Waals surface area contributed by atoms with Crippen LogP contribution in [0.15, 0.2) is 12.4 Å². The maximum Gasteiger partial charge on any atom is 0.234 e. The molecule has 0 aliphatic carbocycles. The first kappa shape index (κ1) is 8.54. The van der Waals surface area contributed by atoms with E-state index in [1.807, 2.05) is 0 Å². The Kier molecular flexibility index (Phi) is 1.84. The smallest absolute Gasteiger partial charge is 0.234 e. The van der Waals surface area contributed by atoms with Gasteiger partial charge in [0.1, 0.15) is 5.69 Å². The molecule has 0 aliphatic heterocycles. The number of carbonyl (C=O) groups is 1. The van der Waals surface area contributed by atoms with Gasteiger partial charge in [0.2, 0.25) is 5.78 Å². The van der Waals surface area contributed by atoms with Gasteiger partial charge >= 0.3 is 0 Å². The third-order valence-electron chi connectivity index (χ3n) is 1.78. The second-order valence-corrected chi connectivity index (χ2v) is 2.79. The minimum absolute atomic E-state index is 0.231. The zero-order chi connectivity index (χ0) is 10.1. The topological polar surface area (TPSA) is 78.5 Å². The van der Waals surface area contributed by atoms with Crippen molar-refractivity contribution in [3.63, 3.8) is 0 Å². The molecule has 0 aliphatic rings. The molecule has 0 unspecified atom stereocenters. The molecule has 0 saturated heterocycles. The molecule has 0 bridgehead atoms. The highest BCUT2D eigenvalue weighted by molar-refractivity contribution is 6.05. The Morgan fingerprint density at radius 1 is 1.36 bits per heavy atom. The Balaban J connectivity index is 2.38. The number of hydrogen-bond donors (Lipinski definition) is 0. The lowest BCUT2D eigenvalue weighted by atomic mass is 10.2. The van der Waals surface area contributed by atoms with Crippen molar-refractivity contribution in [2.75, 3.05) is 0 Å². The van der Waals surface area contributed by atoms with Gasteiger partial charge in [-0.05, 0) is 0 Å². The van der Waals surface area contributed by atoms with Gasteiger partial charge in [-0.2, -0.15) is 15.0 Å². The second kappa shape index (κ2) is 3.02. The van der Waals surface area contributed by atoms with Crippen molar-refractivity contribution in [1.82, 2.24) is 30.0 Å². The molecule has 7 nitrogen and oxygen atoms in total. The number of carbonyl (C=O) groups excluding carboxylic acids is 1. The molecule has 0 atom stereocenters. The minimum Gasteiger partial charge on any atom is -0.285 e. The Morgan fingerprint density at radius 3 is 2.64 bits per heavy atom. The molecule has 0 N–H and O–H groups in total. The number of nitrogens with zero attached hydrogens (tertiary/aromatic N) is 6. The van der Waals surface area contributed by atoms with Crippen LogP contribution in [-0.2, 0) is 14.1 Å². The molecule has 0 fully saturated rings. The summed E-state index contributed by atoms with van der Waals surface area (Å²) >= 11 is 0. The average molecular weight is 192 g/mol. The van der Waals surface area contributed by atoms with Crippen molar-refractivity contribution in [2.24, 2.45) is 14.1 Å². The van der Waals surface area contributed by atoms with E-state index in [0.717, 1.165) is 0 Å². The van der Waals surface area contributed by atoms with Crippen LogP contribution in [0.25, 0.3) is 0 Å². The van der Waals surface area contributed by atoms with Crippen molar-refractivity contribution >= 4 is 5.78 Å². The summed E-state index contributed by atoms with van der Waals surface area (Å²) in [5, 5.41) is 15.0. The molecule has 2 rings (SSSR count). The maximum atomic E-state index is 11.7. The molecular formula is C7H8N6O. The number of hydrogen-bond acceptors (Lipinski definition) is 5. The quantitative estimate of drug-likeness (QED) is 0.580. The molecule has 14 heavy (non-hydrogen) atoms. The van der Waals surface area contributed by atoms with Gasteiger partial charge in [-0.1, -0.05) is 5.21 Å².